The van der Waals surface area contributed by atoms with Gasteiger partial charge in [0, 0.05) is 0 Å². The average molecular weight is 489 g/mol. The summed E-state index contributed by atoms with van der Waals surface area (Å²) < 4.78 is 0. The number of nitrogens with one attached hydrogen (secondary N) is 3. The lowest BCUT2D eigenvalue weighted by atomic mass is 9.98. The summed E-state index contributed by atoms with van der Waals surface area (Å²) >= 11 is 0. The molecule has 4 amide bonds. The molecule has 0 aliphatic rings. The van der Waals surface area contributed by atoms with Gasteiger partial charge in [0.2, 0.25) is 23.6 Å². The van der Waals surface area contributed by atoms with Crippen LogP contribution in [-0.4, -0.2) is 76.5 Å². The molecule has 11 N–H and O–H groups in total. The molecule has 0 bridgehead atoms. The molecule has 0 aliphatic carbocycles. The molecule has 0 aromatic rings. The number of unbranched alkanes of at least 4 members (excludes halogenated alkanes) is 1. The Bertz CT molecular complexity index is 747. The minimum absolute atomic E-state index is 0.109. The minimum atomic E-state index is -1.53. The number of amides is 4. The summed E-state index contributed by atoms with van der Waals surface area (Å²) in [5.41, 5.74) is 16.1. The summed E-state index contributed by atoms with van der Waals surface area (Å²) in [5, 5.41) is 25.2. The highest BCUT2D eigenvalue weighted by atomic mass is 16.4. The first kappa shape index (κ1) is 30.7. The van der Waals surface area contributed by atoms with Crippen molar-refractivity contribution < 1.29 is 39.0 Å². The van der Waals surface area contributed by atoms with Crippen molar-refractivity contribution >= 4 is 35.6 Å². The van der Waals surface area contributed by atoms with Crippen LogP contribution in [0, 0.1) is 5.92 Å². The zero-order valence-electron chi connectivity index (χ0n) is 19.4. The highest BCUT2D eigenvalue weighted by Crippen LogP contribution is 2.10. The number of primary amides is 1. The quantitative estimate of drug-likeness (QED) is 0.0988. The molecule has 5 atom stereocenters. The summed E-state index contributed by atoms with van der Waals surface area (Å²) in [7, 11) is 0. The molecule has 0 spiro atoms. The van der Waals surface area contributed by atoms with E-state index in [0.717, 1.165) is 0 Å². The van der Waals surface area contributed by atoms with E-state index in [1.807, 2.05) is 0 Å². The maximum absolute atomic E-state index is 12.8. The predicted molar refractivity (Wildman–Crippen MR) is 120 cm³/mol. The van der Waals surface area contributed by atoms with Crippen molar-refractivity contribution in [2.45, 2.75) is 76.5 Å². The van der Waals surface area contributed by atoms with E-state index in [4.69, 9.17) is 22.3 Å². The Morgan fingerprint density at radius 3 is 1.88 bits per heavy atom. The SMILES string of the molecule is CCC(C)C(NC(=O)C(CCCCN)NC(=O)C(CC(N)=O)NC(=O)C(N)CC(=O)O)C(=O)O. The van der Waals surface area contributed by atoms with Crippen molar-refractivity contribution in [1.29, 1.82) is 0 Å². The van der Waals surface area contributed by atoms with E-state index < -0.39 is 72.6 Å². The molecule has 0 heterocycles. The number of carboxylic acid groups (broad SMARTS) is 2. The standard InChI is InChI=1S/C20H36N6O8/c1-3-10(2)16(20(33)34)26-18(31)12(6-4-5-7-21)24-19(32)13(9-14(23)27)25-17(30)11(22)8-15(28)29/h10-13,16H,3-9,21-22H2,1-2H3,(H2,23,27)(H,24,32)(H,25,30)(H,26,31)(H,28,29)(H,33,34). The smallest absolute Gasteiger partial charge is 0.326 e. The molecule has 5 unspecified atom stereocenters. The Morgan fingerprint density at radius 2 is 1.41 bits per heavy atom. The molecule has 14 heteroatoms. The van der Waals surface area contributed by atoms with Crippen LogP contribution in [-0.2, 0) is 28.8 Å². The first-order valence-electron chi connectivity index (χ1n) is 10.9. The lowest BCUT2D eigenvalue weighted by Gasteiger charge is -2.26. The van der Waals surface area contributed by atoms with Gasteiger partial charge in [-0.2, -0.15) is 0 Å². The first-order chi connectivity index (χ1) is 15.8. The Labute approximate surface area is 197 Å². The Morgan fingerprint density at radius 1 is 0.853 bits per heavy atom. The first-order valence-corrected chi connectivity index (χ1v) is 10.9. The number of aliphatic carboxylic acids is 2. The van der Waals surface area contributed by atoms with Gasteiger partial charge in [0.05, 0.1) is 18.9 Å². The molecule has 0 aromatic heterocycles. The molecule has 0 radical (unpaired) electrons. The van der Waals surface area contributed by atoms with Crippen LogP contribution in [0.2, 0.25) is 0 Å². The maximum Gasteiger partial charge on any atom is 0.326 e. The fourth-order valence-electron chi connectivity index (χ4n) is 2.94. The second-order valence-electron chi connectivity index (χ2n) is 7.99. The third-order valence-corrected chi connectivity index (χ3v) is 5.13. The number of nitrogens with two attached hydrogens (primary N) is 3. The molecule has 0 aliphatic heterocycles. The largest absolute Gasteiger partial charge is 0.481 e. The van der Waals surface area contributed by atoms with Crippen LogP contribution >= 0.6 is 0 Å². The summed E-state index contributed by atoms with van der Waals surface area (Å²) in [6, 6.07) is -5.40. The van der Waals surface area contributed by atoms with Crippen molar-refractivity contribution in [3.8, 4) is 0 Å². The third kappa shape index (κ3) is 11.6. The van der Waals surface area contributed by atoms with Crippen LogP contribution in [0.1, 0.15) is 52.4 Å². The number of hydrogen-bond acceptors (Lipinski definition) is 8. The zero-order chi connectivity index (χ0) is 26.4. The minimum Gasteiger partial charge on any atom is -0.481 e. The van der Waals surface area contributed by atoms with Gasteiger partial charge in [-0.3, -0.25) is 24.0 Å². The van der Waals surface area contributed by atoms with Gasteiger partial charge >= 0.3 is 11.9 Å². The van der Waals surface area contributed by atoms with E-state index >= 15 is 0 Å². The van der Waals surface area contributed by atoms with Gasteiger partial charge in [0.1, 0.15) is 18.1 Å². The number of carbonyl (C=O) groups excluding carboxylic acids is 4. The van der Waals surface area contributed by atoms with Crippen LogP contribution in [0.5, 0.6) is 0 Å². The van der Waals surface area contributed by atoms with Gasteiger partial charge < -0.3 is 43.4 Å². The average Bonchev–Trinajstić information content (AvgIpc) is 2.74. The fraction of sp³-hybridized carbons (Fsp3) is 0.700. The Kier molecular flexibility index (Phi) is 14.1. The molecule has 0 fully saturated rings. The van der Waals surface area contributed by atoms with Crippen LogP contribution < -0.4 is 33.2 Å². The molecule has 14 nitrogen and oxygen atoms in total. The monoisotopic (exact) mass is 488 g/mol. The Hall–Kier alpha value is -3.26. The summed E-state index contributed by atoms with van der Waals surface area (Å²) in [6.07, 6.45) is 0.180. The van der Waals surface area contributed by atoms with Crippen LogP contribution in [0.25, 0.3) is 0 Å². The van der Waals surface area contributed by atoms with Crippen molar-refractivity contribution in [3.05, 3.63) is 0 Å². The summed E-state index contributed by atoms with van der Waals surface area (Å²) in [4.78, 5) is 71.5. The van der Waals surface area contributed by atoms with Gasteiger partial charge in [-0.1, -0.05) is 20.3 Å². The molecule has 0 saturated carbocycles. The number of hydrogen-bond donors (Lipinski definition) is 8. The van der Waals surface area contributed by atoms with Gasteiger partial charge in [-0.05, 0) is 31.7 Å². The normalized spacial score (nSPS) is 15.2. The van der Waals surface area contributed by atoms with Crippen LogP contribution in [0.15, 0.2) is 0 Å². The van der Waals surface area contributed by atoms with Crippen molar-refractivity contribution in [2.24, 2.45) is 23.1 Å². The van der Waals surface area contributed by atoms with Crippen LogP contribution in [0.3, 0.4) is 0 Å². The van der Waals surface area contributed by atoms with E-state index in [0.29, 0.717) is 25.8 Å². The predicted octanol–water partition coefficient (Wildman–Crippen LogP) is -2.62. The molecule has 194 valence electrons. The van der Waals surface area contributed by atoms with Gasteiger partial charge in [-0.25, -0.2) is 4.79 Å². The van der Waals surface area contributed by atoms with Gasteiger partial charge in [0.25, 0.3) is 0 Å². The molecule has 0 aromatic carbocycles. The van der Waals surface area contributed by atoms with E-state index in [9.17, 15) is 33.9 Å². The maximum atomic E-state index is 12.8. The molecular formula is C20H36N6O8. The zero-order valence-corrected chi connectivity index (χ0v) is 19.4. The van der Waals surface area contributed by atoms with Crippen molar-refractivity contribution in [1.82, 2.24) is 16.0 Å². The topological polar surface area (TPSA) is 257 Å². The lowest BCUT2D eigenvalue weighted by Crippen LogP contribution is -2.58. The molecule has 0 rings (SSSR count). The Balaban J connectivity index is 5.59. The third-order valence-electron chi connectivity index (χ3n) is 5.13. The summed E-state index contributed by atoms with van der Waals surface area (Å²) in [6.45, 7) is 3.74. The van der Waals surface area contributed by atoms with Crippen LogP contribution in [0.4, 0.5) is 0 Å². The van der Waals surface area contributed by atoms with E-state index in [2.05, 4.69) is 16.0 Å². The van der Waals surface area contributed by atoms with Gasteiger partial charge in [-0.15, -0.1) is 0 Å². The van der Waals surface area contributed by atoms with E-state index in [1.54, 1.807) is 13.8 Å². The number of carboxylic acids is 2. The number of carbonyl (C=O) groups is 6. The van der Waals surface area contributed by atoms with E-state index in [-0.39, 0.29) is 12.3 Å². The van der Waals surface area contributed by atoms with Crippen molar-refractivity contribution in [2.75, 3.05) is 6.54 Å². The highest BCUT2D eigenvalue weighted by Gasteiger charge is 2.32. The number of rotatable bonds is 17. The van der Waals surface area contributed by atoms with Crippen molar-refractivity contribution in [3.63, 3.8) is 0 Å². The van der Waals surface area contributed by atoms with E-state index in [1.165, 1.54) is 0 Å². The summed E-state index contributed by atoms with van der Waals surface area (Å²) in [5.74, 6) is -6.62. The molecule has 0 saturated heterocycles. The fourth-order valence-corrected chi connectivity index (χ4v) is 2.94. The second-order valence-corrected chi connectivity index (χ2v) is 7.99. The lowest BCUT2D eigenvalue weighted by molar-refractivity contribution is -0.144. The second kappa shape index (κ2) is 15.6. The molecule has 34 heavy (non-hydrogen) atoms. The molecular weight excluding hydrogens is 452 g/mol. The highest BCUT2D eigenvalue weighted by molar-refractivity contribution is 5.96. The van der Waals surface area contributed by atoms with Gasteiger partial charge in [0.15, 0.2) is 0 Å².